The van der Waals surface area contributed by atoms with Crippen LogP contribution in [-0.2, 0) is 4.74 Å². The highest BCUT2D eigenvalue weighted by atomic mass is 16.5. The van der Waals surface area contributed by atoms with Crippen LogP contribution in [0.25, 0.3) is 0 Å². The predicted molar refractivity (Wildman–Crippen MR) is 65.9 cm³/mol. The van der Waals surface area contributed by atoms with E-state index in [2.05, 4.69) is 6.08 Å². The van der Waals surface area contributed by atoms with Crippen LogP contribution in [0.1, 0.15) is 23.2 Å². The number of allylic oxidation sites excluding steroid dienone is 1. The summed E-state index contributed by atoms with van der Waals surface area (Å²) in [6.45, 7) is 1.54. The normalized spacial score (nSPS) is 27.4. The van der Waals surface area contributed by atoms with Crippen molar-refractivity contribution in [3.63, 3.8) is 0 Å². The number of Topliss-reactive ketones (excluding diaryl/α,β-unsaturated/α-hetero) is 1. The molecule has 2 nitrogen and oxygen atoms in total. The van der Waals surface area contributed by atoms with Crippen LogP contribution in [0.15, 0.2) is 42.0 Å². The van der Waals surface area contributed by atoms with Crippen molar-refractivity contribution in [2.45, 2.75) is 12.8 Å². The Balaban J connectivity index is 1.89. The van der Waals surface area contributed by atoms with Gasteiger partial charge in [0.15, 0.2) is 5.78 Å². The first-order chi connectivity index (χ1) is 8.36. The molecule has 0 bridgehead atoms. The number of benzene rings is 1. The van der Waals surface area contributed by atoms with E-state index in [0.29, 0.717) is 11.8 Å². The largest absolute Gasteiger partial charge is 0.380 e. The summed E-state index contributed by atoms with van der Waals surface area (Å²) in [5.74, 6) is 1.07. The Morgan fingerprint density at radius 3 is 2.82 bits per heavy atom. The lowest BCUT2D eigenvalue weighted by Gasteiger charge is -2.24. The third-order valence-electron chi connectivity index (χ3n) is 3.80. The summed E-state index contributed by atoms with van der Waals surface area (Å²) in [5, 5.41) is 0. The van der Waals surface area contributed by atoms with Crippen molar-refractivity contribution in [2.75, 3.05) is 13.2 Å². The topological polar surface area (TPSA) is 26.3 Å². The Morgan fingerprint density at radius 1 is 1.18 bits per heavy atom. The molecule has 1 saturated heterocycles. The molecule has 0 radical (unpaired) electrons. The number of rotatable bonds is 2. The number of hydrogen-bond donors (Lipinski definition) is 0. The highest BCUT2D eigenvalue weighted by molar-refractivity contribution is 6.09. The van der Waals surface area contributed by atoms with Crippen molar-refractivity contribution in [3.05, 3.63) is 47.5 Å². The first-order valence-electron chi connectivity index (χ1n) is 6.24. The van der Waals surface area contributed by atoms with Crippen molar-refractivity contribution < 1.29 is 9.53 Å². The van der Waals surface area contributed by atoms with Crippen LogP contribution in [0, 0.1) is 11.8 Å². The molecule has 1 aliphatic carbocycles. The fourth-order valence-electron chi connectivity index (χ4n) is 2.85. The van der Waals surface area contributed by atoms with Gasteiger partial charge in [-0.1, -0.05) is 36.4 Å². The highest BCUT2D eigenvalue weighted by Gasteiger charge is 2.35. The van der Waals surface area contributed by atoms with Gasteiger partial charge in [0.1, 0.15) is 0 Å². The van der Waals surface area contributed by atoms with Gasteiger partial charge in [0, 0.05) is 17.1 Å². The second-order valence-corrected chi connectivity index (χ2v) is 4.84. The van der Waals surface area contributed by atoms with E-state index in [1.54, 1.807) is 0 Å². The molecule has 0 unspecified atom stereocenters. The van der Waals surface area contributed by atoms with Gasteiger partial charge in [-0.3, -0.25) is 4.79 Å². The Labute approximate surface area is 101 Å². The zero-order valence-corrected chi connectivity index (χ0v) is 9.76. The maximum Gasteiger partial charge on any atom is 0.189 e. The summed E-state index contributed by atoms with van der Waals surface area (Å²) in [6, 6.07) is 9.55. The number of hydrogen-bond acceptors (Lipinski definition) is 2. The zero-order chi connectivity index (χ0) is 11.7. The van der Waals surface area contributed by atoms with Gasteiger partial charge in [0.2, 0.25) is 0 Å². The van der Waals surface area contributed by atoms with Crippen LogP contribution in [0.2, 0.25) is 0 Å². The molecule has 0 amide bonds. The van der Waals surface area contributed by atoms with Gasteiger partial charge in [-0.25, -0.2) is 0 Å². The standard InChI is InChI=1S/C15H16O2/c16-15(11-5-2-1-3-6-11)13-8-4-7-12-9-17-10-14(12)13/h1-3,5-6,8,12,14H,4,7,9-10H2/t12-,14+/m1/s1. The Morgan fingerprint density at radius 2 is 2.00 bits per heavy atom. The summed E-state index contributed by atoms with van der Waals surface area (Å²) in [5.41, 5.74) is 1.77. The van der Waals surface area contributed by atoms with E-state index in [1.165, 1.54) is 0 Å². The molecule has 2 atom stereocenters. The van der Waals surface area contributed by atoms with E-state index in [-0.39, 0.29) is 5.78 Å². The molecule has 0 aromatic heterocycles. The molecule has 88 valence electrons. The van der Waals surface area contributed by atoms with E-state index in [0.717, 1.165) is 37.2 Å². The number of carbonyl (C=O) groups is 1. The van der Waals surface area contributed by atoms with Crippen LogP contribution < -0.4 is 0 Å². The average Bonchev–Trinajstić information content (AvgIpc) is 2.87. The minimum atomic E-state index is 0.186. The average molecular weight is 228 g/mol. The van der Waals surface area contributed by atoms with E-state index in [9.17, 15) is 4.79 Å². The Bertz CT molecular complexity index is 447. The van der Waals surface area contributed by atoms with Crippen molar-refractivity contribution >= 4 is 5.78 Å². The quantitative estimate of drug-likeness (QED) is 0.727. The molecule has 0 saturated carbocycles. The van der Waals surface area contributed by atoms with Gasteiger partial charge in [-0.2, -0.15) is 0 Å². The Kier molecular flexibility index (Phi) is 2.81. The summed E-state index contributed by atoms with van der Waals surface area (Å²) in [4.78, 5) is 12.4. The van der Waals surface area contributed by atoms with Crippen molar-refractivity contribution in [1.82, 2.24) is 0 Å². The molecule has 1 heterocycles. The summed E-state index contributed by atoms with van der Waals surface area (Å²) < 4.78 is 5.51. The molecular weight excluding hydrogens is 212 g/mol. The fourth-order valence-corrected chi connectivity index (χ4v) is 2.85. The third kappa shape index (κ3) is 1.93. The number of ketones is 1. The molecule has 2 heteroatoms. The maximum absolute atomic E-state index is 12.4. The van der Waals surface area contributed by atoms with E-state index < -0.39 is 0 Å². The molecule has 1 aromatic rings. The van der Waals surface area contributed by atoms with Crippen LogP contribution in [0.3, 0.4) is 0 Å². The summed E-state index contributed by atoms with van der Waals surface area (Å²) >= 11 is 0. The molecule has 17 heavy (non-hydrogen) atoms. The van der Waals surface area contributed by atoms with E-state index >= 15 is 0 Å². The molecular formula is C15H16O2. The van der Waals surface area contributed by atoms with Crippen LogP contribution in [0.5, 0.6) is 0 Å². The number of ether oxygens (including phenoxy) is 1. The van der Waals surface area contributed by atoms with Crippen molar-refractivity contribution in [2.24, 2.45) is 11.8 Å². The molecule has 1 aliphatic heterocycles. The van der Waals surface area contributed by atoms with Gasteiger partial charge in [0.25, 0.3) is 0 Å². The first kappa shape index (κ1) is 10.7. The third-order valence-corrected chi connectivity index (χ3v) is 3.80. The van der Waals surface area contributed by atoms with Crippen molar-refractivity contribution in [3.8, 4) is 0 Å². The van der Waals surface area contributed by atoms with Gasteiger partial charge < -0.3 is 4.74 Å². The fraction of sp³-hybridized carbons (Fsp3) is 0.400. The van der Waals surface area contributed by atoms with E-state index in [4.69, 9.17) is 4.74 Å². The Hall–Kier alpha value is -1.41. The molecule has 2 aliphatic rings. The van der Waals surface area contributed by atoms with Gasteiger partial charge in [-0.15, -0.1) is 0 Å². The molecule has 1 fully saturated rings. The minimum absolute atomic E-state index is 0.186. The lowest BCUT2D eigenvalue weighted by atomic mass is 9.78. The number of fused-ring (bicyclic) bond motifs is 1. The predicted octanol–water partition coefficient (Wildman–Crippen LogP) is 2.85. The molecule has 0 N–H and O–H groups in total. The molecule has 1 aromatic carbocycles. The second kappa shape index (κ2) is 4.46. The highest BCUT2D eigenvalue weighted by Crippen LogP contribution is 2.36. The molecule has 0 spiro atoms. The second-order valence-electron chi connectivity index (χ2n) is 4.84. The SMILES string of the molecule is O=C(C1=CCC[C@@H]2COC[C@H]12)c1ccccc1. The monoisotopic (exact) mass is 228 g/mol. The van der Waals surface area contributed by atoms with Crippen LogP contribution in [0.4, 0.5) is 0 Å². The van der Waals surface area contributed by atoms with Gasteiger partial charge in [-0.05, 0) is 18.8 Å². The van der Waals surface area contributed by atoms with Crippen LogP contribution in [-0.4, -0.2) is 19.0 Å². The van der Waals surface area contributed by atoms with Gasteiger partial charge >= 0.3 is 0 Å². The van der Waals surface area contributed by atoms with Crippen LogP contribution >= 0.6 is 0 Å². The molecule has 3 rings (SSSR count). The minimum Gasteiger partial charge on any atom is -0.380 e. The zero-order valence-electron chi connectivity index (χ0n) is 9.76. The van der Waals surface area contributed by atoms with Gasteiger partial charge in [0.05, 0.1) is 13.2 Å². The summed E-state index contributed by atoms with van der Waals surface area (Å²) in [6.07, 6.45) is 4.29. The number of carbonyl (C=O) groups excluding carboxylic acids is 1. The first-order valence-corrected chi connectivity index (χ1v) is 6.24. The maximum atomic E-state index is 12.4. The lowest BCUT2D eigenvalue weighted by Crippen LogP contribution is -2.23. The summed E-state index contributed by atoms with van der Waals surface area (Å²) in [7, 11) is 0. The smallest absolute Gasteiger partial charge is 0.189 e. The van der Waals surface area contributed by atoms with Crippen molar-refractivity contribution in [1.29, 1.82) is 0 Å². The lowest BCUT2D eigenvalue weighted by molar-refractivity contribution is 0.101. The van der Waals surface area contributed by atoms with E-state index in [1.807, 2.05) is 30.3 Å².